The predicted octanol–water partition coefficient (Wildman–Crippen LogP) is 2.81. The van der Waals surface area contributed by atoms with Gasteiger partial charge >= 0.3 is 0 Å². The van der Waals surface area contributed by atoms with Crippen molar-refractivity contribution in [3.8, 4) is 0 Å². The van der Waals surface area contributed by atoms with Gasteiger partial charge in [0.15, 0.2) is 5.82 Å². The van der Waals surface area contributed by atoms with E-state index in [0.717, 1.165) is 34.7 Å². The largest absolute Gasteiger partial charge is 0.381 e. The van der Waals surface area contributed by atoms with E-state index in [-0.39, 0.29) is 0 Å². The van der Waals surface area contributed by atoms with Crippen molar-refractivity contribution in [1.82, 2.24) is 9.97 Å². The second-order valence-corrected chi connectivity index (χ2v) is 6.22. The molecule has 1 N–H and O–H groups in total. The molecule has 1 aliphatic heterocycles. The Morgan fingerprint density at radius 2 is 2.00 bits per heavy atom. The number of ether oxygens (including phenoxy) is 2. The molecule has 0 bridgehead atoms. The molecule has 20 heavy (non-hydrogen) atoms. The topological polar surface area (TPSA) is 56.3 Å². The lowest BCUT2D eigenvalue weighted by molar-refractivity contribution is -0.1000. The Labute approximate surface area is 127 Å². The standard InChI is InChI=1S/C14H20BrN3O2/c1-16-12-10(15)11(9-3-4-9)17-13(18-12)14(19-2)5-7-20-8-6-14/h9H,3-8H2,1-2H3,(H,16,17,18). The zero-order chi connectivity index (χ0) is 14.2. The van der Waals surface area contributed by atoms with E-state index in [1.807, 2.05) is 7.05 Å². The Kier molecular flexibility index (Phi) is 3.97. The number of aromatic nitrogens is 2. The van der Waals surface area contributed by atoms with Crippen molar-refractivity contribution in [2.45, 2.75) is 37.2 Å². The number of nitrogens with one attached hydrogen (secondary N) is 1. The zero-order valence-corrected chi connectivity index (χ0v) is 13.5. The third-order valence-corrected chi connectivity index (χ3v) is 4.96. The van der Waals surface area contributed by atoms with Gasteiger partial charge in [-0.15, -0.1) is 0 Å². The van der Waals surface area contributed by atoms with Crippen molar-refractivity contribution >= 4 is 21.7 Å². The molecule has 110 valence electrons. The van der Waals surface area contributed by atoms with Crippen LogP contribution in [0, 0.1) is 0 Å². The number of anilines is 1. The highest BCUT2D eigenvalue weighted by atomic mass is 79.9. The summed E-state index contributed by atoms with van der Waals surface area (Å²) in [4.78, 5) is 9.51. The average Bonchev–Trinajstić information content (AvgIpc) is 3.33. The first-order chi connectivity index (χ1) is 9.70. The monoisotopic (exact) mass is 341 g/mol. The fraction of sp³-hybridized carbons (Fsp3) is 0.714. The summed E-state index contributed by atoms with van der Waals surface area (Å²) in [5.74, 6) is 2.20. The molecular weight excluding hydrogens is 322 g/mol. The summed E-state index contributed by atoms with van der Waals surface area (Å²) in [7, 11) is 3.63. The van der Waals surface area contributed by atoms with Gasteiger partial charge in [0.05, 0.1) is 10.2 Å². The van der Waals surface area contributed by atoms with Gasteiger partial charge in [-0.3, -0.25) is 0 Å². The Balaban J connectivity index is 2.05. The molecule has 2 aliphatic rings. The van der Waals surface area contributed by atoms with E-state index < -0.39 is 5.60 Å². The molecule has 5 nitrogen and oxygen atoms in total. The SMILES string of the molecule is CNc1nc(C2(OC)CCOCC2)nc(C2CC2)c1Br. The molecule has 0 atom stereocenters. The summed E-state index contributed by atoms with van der Waals surface area (Å²) >= 11 is 3.63. The van der Waals surface area contributed by atoms with Crippen LogP contribution < -0.4 is 5.32 Å². The average molecular weight is 342 g/mol. The minimum atomic E-state index is -0.409. The summed E-state index contributed by atoms with van der Waals surface area (Å²) in [5.41, 5.74) is 0.705. The van der Waals surface area contributed by atoms with Crippen LogP contribution in [0.3, 0.4) is 0 Å². The lowest BCUT2D eigenvalue weighted by Gasteiger charge is -2.34. The van der Waals surface area contributed by atoms with Gasteiger partial charge < -0.3 is 14.8 Å². The molecular formula is C14H20BrN3O2. The Morgan fingerprint density at radius 3 is 2.55 bits per heavy atom. The van der Waals surface area contributed by atoms with E-state index in [2.05, 4.69) is 26.2 Å². The van der Waals surface area contributed by atoms with E-state index in [1.165, 1.54) is 12.8 Å². The molecule has 2 heterocycles. The van der Waals surface area contributed by atoms with Crippen LogP contribution in [-0.2, 0) is 15.1 Å². The van der Waals surface area contributed by atoms with E-state index in [1.54, 1.807) is 7.11 Å². The molecule has 0 spiro atoms. The lowest BCUT2D eigenvalue weighted by atomic mass is 9.92. The molecule has 1 aliphatic carbocycles. The summed E-state index contributed by atoms with van der Waals surface area (Å²) < 4.78 is 12.3. The second-order valence-electron chi connectivity index (χ2n) is 5.43. The first-order valence-corrected chi connectivity index (χ1v) is 7.88. The molecule has 1 saturated heterocycles. The van der Waals surface area contributed by atoms with Crippen LogP contribution in [-0.4, -0.2) is 37.3 Å². The highest BCUT2D eigenvalue weighted by Gasteiger charge is 2.39. The third kappa shape index (κ3) is 2.44. The number of nitrogens with zero attached hydrogens (tertiary/aromatic N) is 2. The molecule has 3 rings (SSSR count). The third-order valence-electron chi connectivity index (χ3n) is 4.18. The van der Waals surface area contributed by atoms with E-state index in [9.17, 15) is 0 Å². The van der Waals surface area contributed by atoms with Crippen molar-refractivity contribution in [2.75, 3.05) is 32.7 Å². The van der Waals surface area contributed by atoms with Crippen LogP contribution in [0.4, 0.5) is 5.82 Å². The van der Waals surface area contributed by atoms with Crippen molar-refractivity contribution in [2.24, 2.45) is 0 Å². The van der Waals surface area contributed by atoms with Gasteiger partial charge in [-0.25, -0.2) is 9.97 Å². The maximum atomic E-state index is 5.81. The molecule has 6 heteroatoms. The van der Waals surface area contributed by atoms with Crippen molar-refractivity contribution in [3.63, 3.8) is 0 Å². The van der Waals surface area contributed by atoms with Gasteiger partial charge in [0.25, 0.3) is 0 Å². The molecule has 0 radical (unpaired) electrons. The van der Waals surface area contributed by atoms with E-state index in [0.29, 0.717) is 19.1 Å². The first-order valence-electron chi connectivity index (χ1n) is 7.09. The number of hydrogen-bond donors (Lipinski definition) is 1. The highest BCUT2D eigenvalue weighted by Crippen LogP contribution is 2.45. The quantitative estimate of drug-likeness (QED) is 0.912. The normalized spacial score (nSPS) is 21.8. The number of hydrogen-bond acceptors (Lipinski definition) is 5. The van der Waals surface area contributed by atoms with Crippen LogP contribution in [0.2, 0.25) is 0 Å². The molecule has 2 fully saturated rings. The van der Waals surface area contributed by atoms with E-state index >= 15 is 0 Å². The Bertz CT molecular complexity index is 499. The fourth-order valence-corrected chi connectivity index (χ4v) is 3.38. The summed E-state index contributed by atoms with van der Waals surface area (Å²) in [5, 5.41) is 3.15. The Morgan fingerprint density at radius 1 is 1.30 bits per heavy atom. The zero-order valence-electron chi connectivity index (χ0n) is 11.9. The van der Waals surface area contributed by atoms with Crippen LogP contribution >= 0.6 is 15.9 Å². The lowest BCUT2D eigenvalue weighted by Crippen LogP contribution is -2.37. The van der Waals surface area contributed by atoms with Gasteiger partial charge in [0.2, 0.25) is 0 Å². The van der Waals surface area contributed by atoms with Crippen molar-refractivity contribution in [1.29, 1.82) is 0 Å². The molecule has 1 aromatic heterocycles. The number of halogens is 1. The second kappa shape index (κ2) is 5.58. The number of rotatable bonds is 4. The molecule has 1 saturated carbocycles. The summed E-state index contributed by atoms with van der Waals surface area (Å²) in [6, 6.07) is 0. The first kappa shape index (κ1) is 14.2. The van der Waals surface area contributed by atoms with Crippen LogP contribution in [0.1, 0.15) is 43.1 Å². The van der Waals surface area contributed by atoms with Crippen molar-refractivity contribution in [3.05, 3.63) is 16.0 Å². The fourth-order valence-electron chi connectivity index (χ4n) is 2.68. The maximum absolute atomic E-state index is 5.81. The number of methoxy groups -OCH3 is 1. The van der Waals surface area contributed by atoms with E-state index in [4.69, 9.17) is 14.5 Å². The predicted molar refractivity (Wildman–Crippen MR) is 80.0 cm³/mol. The van der Waals surface area contributed by atoms with Gasteiger partial charge in [-0.2, -0.15) is 0 Å². The molecule has 1 aromatic rings. The minimum Gasteiger partial charge on any atom is -0.381 e. The van der Waals surface area contributed by atoms with Gasteiger partial charge in [0.1, 0.15) is 11.4 Å². The van der Waals surface area contributed by atoms with Crippen LogP contribution in [0.5, 0.6) is 0 Å². The summed E-state index contributed by atoms with van der Waals surface area (Å²) in [6.45, 7) is 1.39. The summed E-state index contributed by atoms with van der Waals surface area (Å²) in [6.07, 6.45) is 4.03. The van der Waals surface area contributed by atoms with Crippen molar-refractivity contribution < 1.29 is 9.47 Å². The minimum absolute atomic E-state index is 0.409. The van der Waals surface area contributed by atoms with Crippen LogP contribution in [0.25, 0.3) is 0 Å². The Hall–Kier alpha value is -0.720. The van der Waals surface area contributed by atoms with Gasteiger partial charge in [-0.1, -0.05) is 0 Å². The van der Waals surface area contributed by atoms with Crippen LogP contribution in [0.15, 0.2) is 4.47 Å². The maximum Gasteiger partial charge on any atom is 0.163 e. The smallest absolute Gasteiger partial charge is 0.163 e. The molecule has 0 unspecified atom stereocenters. The van der Waals surface area contributed by atoms with Gasteiger partial charge in [0, 0.05) is 46.1 Å². The molecule has 0 aromatic carbocycles. The molecule has 0 amide bonds. The van der Waals surface area contributed by atoms with Gasteiger partial charge in [-0.05, 0) is 28.8 Å². The highest BCUT2D eigenvalue weighted by molar-refractivity contribution is 9.10.